The third-order valence-electron chi connectivity index (χ3n) is 3.74. The molecule has 1 aromatic heterocycles. The predicted molar refractivity (Wildman–Crippen MR) is 82.9 cm³/mol. The molecule has 0 saturated carbocycles. The van der Waals surface area contributed by atoms with Crippen LogP contribution in [0.4, 0.5) is 0 Å². The van der Waals surface area contributed by atoms with Crippen LogP contribution in [0, 0.1) is 6.92 Å². The zero-order valence-corrected chi connectivity index (χ0v) is 12.5. The van der Waals surface area contributed by atoms with Crippen LogP contribution in [0.1, 0.15) is 41.8 Å². The van der Waals surface area contributed by atoms with E-state index in [2.05, 4.69) is 29.4 Å². The maximum absolute atomic E-state index is 10.2. The molecular formula is C17H22N2O2. The van der Waals surface area contributed by atoms with Crippen LogP contribution in [-0.2, 0) is 13.2 Å². The Morgan fingerprint density at radius 1 is 1.24 bits per heavy atom. The molecule has 4 heteroatoms. The molecule has 3 N–H and O–H groups in total. The van der Waals surface area contributed by atoms with Crippen LogP contribution in [-0.4, -0.2) is 15.2 Å². The standard InChI is InChI=1S/C17H22N2O2/c1-3-16(13-7-5-4-6-8-13)19-10-15-14(11-20)9-18-12(2)17(15)21/h4-9,16,19-21H,3,10-11H2,1-2H3. The van der Waals surface area contributed by atoms with Gasteiger partial charge in [0.25, 0.3) is 0 Å². The zero-order chi connectivity index (χ0) is 15.2. The summed E-state index contributed by atoms with van der Waals surface area (Å²) in [6, 6.07) is 10.4. The molecule has 2 rings (SSSR count). The number of nitrogens with zero attached hydrogens (tertiary/aromatic N) is 1. The molecule has 0 amide bonds. The third kappa shape index (κ3) is 3.60. The minimum Gasteiger partial charge on any atom is -0.506 e. The maximum atomic E-state index is 10.2. The van der Waals surface area contributed by atoms with E-state index in [0.29, 0.717) is 17.8 Å². The molecule has 2 aromatic rings. The summed E-state index contributed by atoms with van der Waals surface area (Å²) in [5.74, 6) is 0.164. The molecule has 0 radical (unpaired) electrons. The van der Waals surface area contributed by atoms with Crippen molar-refractivity contribution in [3.8, 4) is 5.75 Å². The lowest BCUT2D eigenvalue weighted by molar-refractivity contribution is 0.278. The first-order valence-electron chi connectivity index (χ1n) is 7.22. The van der Waals surface area contributed by atoms with Crippen LogP contribution in [0.2, 0.25) is 0 Å². The monoisotopic (exact) mass is 286 g/mol. The van der Waals surface area contributed by atoms with E-state index in [1.807, 2.05) is 18.2 Å². The summed E-state index contributed by atoms with van der Waals surface area (Å²) in [6.45, 7) is 4.25. The maximum Gasteiger partial charge on any atom is 0.141 e. The molecule has 0 aliphatic heterocycles. The van der Waals surface area contributed by atoms with Crippen molar-refractivity contribution in [1.29, 1.82) is 0 Å². The fraction of sp³-hybridized carbons (Fsp3) is 0.353. The van der Waals surface area contributed by atoms with E-state index >= 15 is 0 Å². The van der Waals surface area contributed by atoms with Gasteiger partial charge >= 0.3 is 0 Å². The first-order chi connectivity index (χ1) is 10.2. The Bertz CT molecular complexity index is 585. The molecule has 0 fully saturated rings. The summed E-state index contributed by atoms with van der Waals surface area (Å²) in [4.78, 5) is 4.08. The number of aromatic hydroxyl groups is 1. The number of aryl methyl sites for hydroxylation is 1. The minimum absolute atomic E-state index is 0.125. The topological polar surface area (TPSA) is 65.4 Å². The molecule has 1 aromatic carbocycles. The van der Waals surface area contributed by atoms with E-state index in [1.165, 1.54) is 5.56 Å². The highest BCUT2D eigenvalue weighted by Crippen LogP contribution is 2.25. The highest BCUT2D eigenvalue weighted by atomic mass is 16.3. The highest BCUT2D eigenvalue weighted by Gasteiger charge is 2.14. The molecule has 0 aliphatic carbocycles. The van der Waals surface area contributed by atoms with Crippen LogP contribution < -0.4 is 5.32 Å². The van der Waals surface area contributed by atoms with Gasteiger partial charge < -0.3 is 15.5 Å². The average molecular weight is 286 g/mol. The second kappa shape index (κ2) is 7.20. The van der Waals surface area contributed by atoms with Gasteiger partial charge in [0.2, 0.25) is 0 Å². The van der Waals surface area contributed by atoms with Gasteiger partial charge in [0.15, 0.2) is 0 Å². The van der Waals surface area contributed by atoms with E-state index in [4.69, 9.17) is 0 Å². The normalized spacial score (nSPS) is 12.3. The molecule has 1 unspecified atom stereocenters. The van der Waals surface area contributed by atoms with Crippen molar-refractivity contribution in [1.82, 2.24) is 10.3 Å². The number of benzene rings is 1. The average Bonchev–Trinajstić information content (AvgIpc) is 2.53. The lowest BCUT2D eigenvalue weighted by atomic mass is 10.0. The zero-order valence-electron chi connectivity index (χ0n) is 12.5. The number of hydrogen-bond donors (Lipinski definition) is 3. The van der Waals surface area contributed by atoms with Crippen molar-refractivity contribution >= 4 is 0 Å². The van der Waals surface area contributed by atoms with E-state index in [0.717, 1.165) is 12.0 Å². The minimum atomic E-state index is -0.125. The van der Waals surface area contributed by atoms with Crippen molar-refractivity contribution in [2.75, 3.05) is 0 Å². The molecule has 0 bridgehead atoms. The number of hydrogen-bond acceptors (Lipinski definition) is 4. The first kappa shape index (κ1) is 15.5. The van der Waals surface area contributed by atoms with Crippen LogP contribution in [0.3, 0.4) is 0 Å². The number of aliphatic hydroxyl groups is 1. The summed E-state index contributed by atoms with van der Waals surface area (Å²) in [6.07, 6.45) is 2.57. The van der Waals surface area contributed by atoms with Crippen LogP contribution >= 0.6 is 0 Å². The second-order valence-corrected chi connectivity index (χ2v) is 5.11. The van der Waals surface area contributed by atoms with Gasteiger partial charge in [-0.15, -0.1) is 0 Å². The van der Waals surface area contributed by atoms with Gasteiger partial charge in [-0.05, 0) is 18.9 Å². The number of rotatable bonds is 6. The molecule has 0 saturated heterocycles. The quantitative estimate of drug-likeness (QED) is 0.764. The second-order valence-electron chi connectivity index (χ2n) is 5.11. The molecule has 21 heavy (non-hydrogen) atoms. The number of nitrogens with one attached hydrogen (secondary N) is 1. The predicted octanol–water partition coefficient (Wildman–Crippen LogP) is 2.83. The van der Waals surface area contributed by atoms with Gasteiger partial charge in [-0.1, -0.05) is 37.3 Å². The van der Waals surface area contributed by atoms with Crippen molar-refractivity contribution < 1.29 is 10.2 Å². The summed E-state index contributed by atoms with van der Waals surface area (Å²) in [5.41, 5.74) is 3.18. The van der Waals surface area contributed by atoms with Gasteiger partial charge in [-0.25, -0.2) is 0 Å². The molecule has 0 spiro atoms. The van der Waals surface area contributed by atoms with Crippen molar-refractivity contribution in [2.45, 2.75) is 39.5 Å². The fourth-order valence-corrected chi connectivity index (χ4v) is 2.43. The Labute approximate surface area is 125 Å². The summed E-state index contributed by atoms with van der Waals surface area (Å²) < 4.78 is 0. The Morgan fingerprint density at radius 2 is 1.95 bits per heavy atom. The Hall–Kier alpha value is -1.91. The van der Waals surface area contributed by atoms with Crippen molar-refractivity contribution in [3.63, 3.8) is 0 Å². The smallest absolute Gasteiger partial charge is 0.141 e. The SMILES string of the molecule is CCC(NCc1c(CO)cnc(C)c1O)c1ccccc1. The van der Waals surface area contributed by atoms with E-state index in [9.17, 15) is 10.2 Å². The van der Waals surface area contributed by atoms with Crippen LogP contribution in [0.5, 0.6) is 5.75 Å². The van der Waals surface area contributed by atoms with Crippen LogP contribution in [0.15, 0.2) is 36.5 Å². The molecule has 112 valence electrons. The largest absolute Gasteiger partial charge is 0.506 e. The fourth-order valence-electron chi connectivity index (χ4n) is 2.43. The van der Waals surface area contributed by atoms with Gasteiger partial charge in [-0.3, -0.25) is 4.98 Å². The van der Waals surface area contributed by atoms with E-state index in [1.54, 1.807) is 13.1 Å². The summed E-state index contributed by atoms with van der Waals surface area (Å²) in [5, 5.41) is 23.0. The van der Waals surface area contributed by atoms with Gasteiger partial charge in [-0.2, -0.15) is 0 Å². The number of aliphatic hydroxyl groups excluding tert-OH is 1. The van der Waals surface area contributed by atoms with Crippen molar-refractivity contribution in [3.05, 3.63) is 58.9 Å². The Balaban J connectivity index is 2.17. The van der Waals surface area contributed by atoms with Gasteiger partial charge in [0, 0.05) is 29.9 Å². The summed E-state index contributed by atoms with van der Waals surface area (Å²) >= 11 is 0. The Morgan fingerprint density at radius 3 is 2.57 bits per heavy atom. The highest BCUT2D eigenvalue weighted by molar-refractivity contribution is 5.40. The Kier molecular flexibility index (Phi) is 5.31. The van der Waals surface area contributed by atoms with E-state index in [-0.39, 0.29) is 18.4 Å². The molecule has 1 heterocycles. The van der Waals surface area contributed by atoms with Crippen LogP contribution in [0.25, 0.3) is 0 Å². The number of aromatic nitrogens is 1. The van der Waals surface area contributed by atoms with Gasteiger partial charge in [0.1, 0.15) is 5.75 Å². The first-order valence-corrected chi connectivity index (χ1v) is 7.22. The molecule has 4 nitrogen and oxygen atoms in total. The third-order valence-corrected chi connectivity index (χ3v) is 3.74. The van der Waals surface area contributed by atoms with E-state index < -0.39 is 0 Å². The lowest BCUT2D eigenvalue weighted by Gasteiger charge is -2.19. The van der Waals surface area contributed by atoms with Gasteiger partial charge in [0.05, 0.1) is 12.3 Å². The van der Waals surface area contributed by atoms with Crippen molar-refractivity contribution in [2.24, 2.45) is 0 Å². The number of pyridine rings is 1. The summed E-state index contributed by atoms with van der Waals surface area (Å²) in [7, 11) is 0. The molecular weight excluding hydrogens is 264 g/mol. The molecule has 0 aliphatic rings. The lowest BCUT2D eigenvalue weighted by Crippen LogP contribution is -2.21. The molecule has 1 atom stereocenters.